The van der Waals surface area contributed by atoms with Crippen molar-refractivity contribution < 1.29 is 9.53 Å². The second kappa shape index (κ2) is 5.19. The largest absolute Gasteiger partial charge is 0.380 e. The third-order valence-corrected chi connectivity index (χ3v) is 4.45. The van der Waals surface area contributed by atoms with Crippen LogP contribution in [0.15, 0.2) is 18.2 Å². The van der Waals surface area contributed by atoms with Crippen LogP contribution >= 0.6 is 0 Å². The highest BCUT2D eigenvalue weighted by atomic mass is 16.5. The van der Waals surface area contributed by atoms with Gasteiger partial charge in [0.05, 0.1) is 19.8 Å². The number of likely N-dealkylation sites (tertiary alicyclic amines) is 1. The predicted molar refractivity (Wildman–Crippen MR) is 78.9 cm³/mol. The molecule has 3 rings (SSSR count). The number of hydrogen-bond acceptors (Lipinski definition) is 3. The van der Waals surface area contributed by atoms with Crippen LogP contribution in [-0.4, -0.2) is 43.7 Å². The monoisotopic (exact) mass is 274 g/mol. The van der Waals surface area contributed by atoms with Gasteiger partial charge in [-0.1, -0.05) is 18.2 Å². The molecule has 2 saturated heterocycles. The molecular weight excluding hydrogens is 252 g/mol. The van der Waals surface area contributed by atoms with E-state index < -0.39 is 0 Å². The normalized spacial score (nSPS) is 20.9. The molecule has 1 spiro atoms. The molecule has 1 aromatic rings. The molecule has 2 aliphatic rings. The fourth-order valence-electron chi connectivity index (χ4n) is 3.18. The zero-order valence-corrected chi connectivity index (χ0v) is 12.2. The second-order valence-corrected chi connectivity index (χ2v) is 6.27. The number of benzene rings is 1. The summed E-state index contributed by atoms with van der Waals surface area (Å²) in [6.07, 6.45) is 1.16. The number of carbonyl (C=O) groups excluding carboxylic acids is 1. The Bertz CT molecular complexity index is 503. The lowest BCUT2D eigenvalue weighted by molar-refractivity contribution is -0.119. The van der Waals surface area contributed by atoms with E-state index in [0.29, 0.717) is 12.0 Å². The molecule has 108 valence electrons. The number of nitrogens with zero attached hydrogens (tertiary/aromatic N) is 1. The molecule has 4 nitrogen and oxygen atoms in total. The van der Waals surface area contributed by atoms with Gasteiger partial charge in [-0.05, 0) is 37.9 Å². The Balaban J connectivity index is 1.58. The number of nitrogens with one attached hydrogen (secondary N) is 1. The van der Waals surface area contributed by atoms with E-state index in [1.54, 1.807) is 0 Å². The summed E-state index contributed by atoms with van der Waals surface area (Å²) in [5, 5.41) is 3.06. The van der Waals surface area contributed by atoms with Crippen molar-refractivity contribution in [3.8, 4) is 0 Å². The lowest BCUT2D eigenvalue weighted by atomic mass is 9.85. The van der Waals surface area contributed by atoms with Gasteiger partial charge in [-0.25, -0.2) is 0 Å². The van der Waals surface area contributed by atoms with Gasteiger partial charge in [0.1, 0.15) is 0 Å². The molecule has 1 amide bonds. The molecule has 0 atom stereocenters. The van der Waals surface area contributed by atoms with E-state index in [-0.39, 0.29) is 5.91 Å². The number of hydrogen-bond donors (Lipinski definition) is 1. The maximum absolute atomic E-state index is 12.2. The Labute approximate surface area is 120 Å². The highest BCUT2D eigenvalue weighted by molar-refractivity contribution is 5.93. The van der Waals surface area contributed by atoms with Crippen molar-refractivity contribution in [2.45, 2.75) is 20.3 Å². The Morgan fingerprint density at radius 1 is 1.35 bits per heavy atom. The Hall–Kier alpha value is -1.39. The lowest BCUT2D eigenvalue weighted by Gasteiger charge is -2.37. The van der Waals surface area contributed by atoms with Crippen LogP contribution in [0.5, 0.6) is 0 Å². The van der Waals surface area contributed by atoms with E-state index in [2.05, 4.69) is 10.2 Å². The van der Waals surface area contributed by atoms with E-state index in [1.165, 1.54) is 0 Å². The van der Waals surface area contributed by atoms with Crippen molar-refractivity contribution in [1.29, 1.82) is 0 Å². The van der Waals surface area contributed by atoms with Gasteiger partial charge < -0.3 is 10.1 Å². The van der Waals surface area contributed by atoms with E-state index in [4.69, 9.17) is 4.74 Å². The van der Waals surface area contributed by atoms with Crippen LogP contribution in [0.4, 0.5) is 5.69 Å². The molecule has 4 heteroatoms. The minimum absolute atomic E-state index is 0.0830. The van der Waals surface area contributed by atoms with Crippen molar-refractivity contribution in [2.75, 3.05) is 38.2 Å². The molecule has 0 bridgehead atoms. The summed E-state index contributed by atoms with van der Waals surface area (Å²) in [4.78, 5) is 14.4. The van der Waals surface area contributed by atoms with E-state index >= 15 is 0 Å². The molecule has 0 radical (unpaired) electrons. The molecule has 0 unspecified atom stereocenters. The topological polar surface area (TPSA) is 41.6 Å². The molecule has 0 saturated carbocycles. The quantitative estimate of drug-likeness (QED) is 0.916. The molecule has 2 heterocycles. The molecule has 1 N–H and O–H groups in total. The minimum Gasteiger partial charge on any atom is -0.380 e. The number of rotatable bonds is 3. The van der Waals surface area contributed by atoms with Gasteiger partial charge in [-0.3, -0.25) is 9.69 Å². The predicted octanol–water partition coefficient (Wildman–Crippen LogP) is 1.96. The third kappa shape index (κ3) is 2.58. The minimum atomic E-state index is 0.0830. The van der Waals surface area contributed by atoms with Crippen LogP contribution < -0.4 is 5.32 Å². The highest BCUT2D eigenvalue weighted by Gasteiger charge is 2.44. The number of ether oxygens (including phenoxy) is 1. The summed E-state index contributed by atoms with van der Waals surface area (Å²) >= 11 is 0. The van der Waals surface area contributed by atoms with Gasteiger partial charge in [0.2, 0.25) is 5.91 Å². The first-order chi connectivity index (χ1) is 9.58. The molecule has 0 aromatic heterocycles. The molecular formula is C16H22N2O2. The van der Waals surface area contributed by atoms with Crippen molar-refractivity contribution in [2.24, 2.45) is 5.41 Å². The molecule has 2 fully saturated rings. The van der Waals surface area contributed by atoms with Gasteiger partial charge in [0.15, 0.2) is 0 Å². The molecule has 2 aliphatic heterocycles. The second-order valence-electron chi connectivity index (χ2n) is 6.27. The summed E-state index contributed by atoms with van der Waals surface area (Å²) in [7, 11) is 0. The van der Waals surface area contributed by atoms with Gasteiger partial charge in [-0.2, -0.15) is 0 Å². The number of para-hydroxylation sites is 1. The van der Waals surface area contributed by atoms with Gasteiger partial charge in [0, 0.05) is 17.6 Å². The van der Waals surface area contributed by atoms with E-state index in [1.807, 2.05) is 32.0 Å². The lowest BCUT2D eigenvalue weighted by Crippen LogP contribution is -2.45. The van der Waals surface area contributed by atoms with Crippen molar-refractivity contribution in [3.63, 3.8) is 0 Å². The van der Waals surface area contributed by atoms with E-state index in [9.17, 15) is 4.79 Å². The first-order valence-corrected chi connectivity index (χ1v) is 7.24. The van der Waals surface area contributed by atoms with Crippen LogP contribution in [0, 0.1) is 19.3 Å². The first-order valence-electron chi connectivity index (χ1n) is 7.24. The van der Waals surface area contributed by atoms with Gasteiger partial charge >= 0.3 is 0 Å². The number of anilines is 1. The van der Waals surface area contributed by atoms with Crippen molar-refractivity contribution in [3.05, 3.63) is 29.3 Å². The standard InChI is InChI=1S/C16H22N2O2/c1-12-4-3-5-13(2)15(12)17-14(19)8-18-7-6-16(9-18)10-20-11-16/h3-5H,6-11H2,1-2H3,(H,17,19). The average molecular weight is 274 g/mol. The fourth-order valence-corrected chi connectivity index (χ4v) is 3.18. The van der Waals surface area contributed by atoms with Crippen LogP contribution in [0.3, 0.4) is 0 Å². The fraction of sp³-hybridized carbons (Fsp3) is 0.562. The maximum Gasteiger partial charge on any atom is 0.238 e. The van der Waals surface area contributed by atoms with Crippen LogP contribution in [-0.2, 0) is 9.53 Å². The van der Waals surface area contributed by atoms with E-state index in [0.717, 1.165) is 49.5 Å². The van der Waals surface area contributed by atoms with Crippen molar-refractivity contribution in [1.82, 2.24) is 4.90 Å². The zero-order chi connectivity index (χ0) is 14.2. The van der Waals surface area contributed by atoms with Crippen LogP contribution in [0.25, 0.3) is 0 Å². The number of amides is 1. The summed E-state index contributed by atoms with van der Waals surface area (Å²) < 4.78 is 5.31. The summed E-state index contributed by atoms with van der Waals surface area (Å²) in [6, 6.07) is 6.07. The average Bonchev–Trinajstić information content (AvgIpc) is 2.78. The van der Waals surface area contributed by atoms with Gasteiger partial charge in [-0.15, -0.1) is 0 Å². The Morgan fingerprint density at radius 3 is 2.60 bits per heavy atom. The SMILES string of the molecule is Cc1cccc(C)c1NC(=O)CN1CCC2(COC2)C1. The first kappa shape index (κ1) is 13.6. The van der Waals surface area contributed by atoms with Crippen LogP contribution in [0.1, 0.15) is 17.5 Å². The van der Waals surface area contributed by atoms with Crippen LogP contribution in [0.2, 0.25) is 0 Å². The maximum atomic E-state index is 12.2. The number of aryl methyl sites for hydroxylation is 2. The Kier molecular flexibility index (Phi) is 3.52. The van der Waals surface area contributed by atoms with Gasteiger partial charge in [0.25, 0.3) is 0 Å². The Morgan fingerprint density at radius 2 is 2.05 bits per heavy atom. The summed E-state index contributed by atoms with van der Waals surface area (Å²) in [6.45, 7) is 8.26. The highest BCUT2D eigenvalue weighted by Crippen LogP contribution is 2.37. The zero-order valence-electron chi connectivity index (χ0n) is 12.2. The molecule has 1 aromatic carbocycles. The number of carbonyl (C=O) groups is 1. The smallest absolute Gasteiger partial charge is 0.238 e. The summed E-state index contributed by atoms with van der Waals surface area (Å²) in [5.74, 6) is 0.0830. The van der Waals surface area contributed by atoms with Crippen molar-refractivity contribution >= 4 is 11.6 Å². The third-order valence-electron chi connectivity index (χ3n) is 4.45. The summed E-state index contributed by atoms with van der Waals surface area (Å²) in [5.41, 5.74) is 3.53. The molecule has 20 heavy (non-hydrogen) atoms. The molecule has 0 aliphatic carbocycles.